The number of hydrogen-bond donors (Lipinski definition) is 1. The Hall–Kier alpha value is -1.52. The molecule has 1 unspecified atom stereocenters. The average molecular weight is 302 g/mol. The van der Waals surface area contributed by atoms with Gasteiger partial charge in [0.25, 0.3) is 0 Å². The van der Waals surface area contributed by atoms with Crippen LogP contribution in [0.25, 0.3) is 0 Å². The predicted molar refractivity (Wildman–Crippen MR) is 75.7 cm³/mol. The lowest BCUT2D eigenvalue weighted by atomic mass is 9.98. The molecule has 2 N–H and O–H groups in total. The number of rotatable bonds is 2. The van der Waals surface area contributed by atoms with Crippen molar-refractivity contribution >= 4 is 11.6 Å². The van der Waals surface area contributed by atoms with Gasteiger partial charge in [-0.2, -0.15) is 13.2 Å². The molecule has 2 aromatic carbocycles. The Morgan fingerprint density at radius 1 is 0.850 bits per heavy atom. The number of benzene rings is 2. The lowest BCUT2D eigenvalue weighted by molar-refractivity contribution is -0.137. The van der Waals surface area contributed by atoms with Gasteiger partial charge in [0.15, 0.2) is 0 Å². The minimum absolute atomic E-state index is 0.409. The van der Waals surface area contributed by atoms with Crippen molar-refractivity contribution in [3.05, 3.63) is 71.3 Å². The highest BCUT2D eigenvalue weighted by molar-refractivity contribution is 6.15. The third-order valence-corrected chi connectivity index (χ3v) is 2.76. The molecule has 0 aliphatic rings. The van der Waals surface area contributed by atoms with Gasteiger partial charge in [-0.25, -0.2) is 0 Å². The van der Waals surface area contributed by atoms with Crippen LogP contribution in [0.2, 0.25) is 0 Å². The monoisotopic (exact) mass is 301 g/mol. The molecule has 0 fully saturated rings. The third kappa shape index (κ3) is 4.25. The molecule has 0 spiro atoms. The molecule has 0 aliphatic heterocycles. The van der Waals surface area contributed by atoms with E-state index in [4.69, 9.17) is 5.73 Å². The first-order valence-electron chi connectivity index (χ1n) is 5.84. The second-order valence-electron chi connectivity index (χ2n) is 4.01. The second kappa shape index (κ2) is 7.31. The molecule has 1 nitrogen and oxygen atoms in total. The Morgan fingerprint density at radius 2 is 1.30 bits per heavy atom. The van der Waals surface area contributed by atoms with Gasteiger partial charge in [-0.1, -0.05) is 42.5 Å². The maximum atomic E-state index is 12.4. The number of nitrogens with two attached hydrogens (primary N) is 1. The fourth-order valence-corrected chi connectivity index (χ4v) is 1.73. The van der Waals surface area contributed by atoms with E-state index >= 15 is 0 Å². The molecule has 0 amide bonds. The predicted octanol–water partition coefficient (Wildman–Crippen LogP) is 4.61. The second-order valence-corrected chi connectivity index (χ2v) is 4.01. The highest BCUT2D eigenvalue weighted by Gasteiger charge is 2.30. The minimum Gasteiger partial charge on any atom is -0.320 e. The van der Waals surface area contributed by atoms with E-state index in [0.29, 0.717) is 5.56 Å². The van der Waals surface area contributed by atoms with Crippen LogP contribution in [0.5, 0.6) is 0 Å². The summed E-state index contributed by atoms with van der Waals surface area (Å²) in [6.45, 7) is 0. The molecule has 1 atom stereocenters. The lowest BCUT2D eigenvalue weighted by Crippen LogP contribution is -2.12. The first-order chi connectivity index (χ1) is 9.48. The molecule has 5 heteroatoms. The summed E-state index contributed by atoms with van der Waals surface area (Å²) >= 11 is 4.64. The van der Waals surface area contributed by atoms with E-state index in [9.17, 15) is 13.2 Å². The Bertz CT molecular complexity index is 509. The molecule has 108 valence electrons. The van der Waals surface area contributed by atoms with Crippen molar-refractivity contribution in [3.8, 4) is 0 Å². The first-order valence-corrected chi connectivity index (χ1v) is 6.59. The largest absolute Gasteiger partial charge is 0.416 e. The van der Waals surface area contributed by atoms with Crippen LogP contribution < -0.4 is 5.73 Å². The molecule has 0 radical (unpaired) electrons. The van der Waals surface area contributed by atoms with Gasteiger partial charge in [-0.05, 0) is 23.3 Å². The van der Waals surface area contributed by atoms with Crippen LogP contribution >= 0.6 is 11.6 Å². The third-order valence-electron chi connectivity index (χ3n) is 2.76. The van der Waals surface area contributed by atoms with E-state index in [0.717, 1.165) is 17.7 Å². The van der Waals surface area contributed by atoms with E-state index in [2.05, 4.69) is 11.6 Å². The van der Waals surface area contributed by atoms with Crippen molar-refractivity contribution in [1.82, 2.24) is 0 Å². The molecular weight excluding hydrogens is 287 g/mol. The fourth-order valence-electron chi connectivity index (χ4n) is 1.73. The topological polar surface area (TPSA) is 26.0 Å². The zero-order chi connectivity index (χ0) is 15.2. The van der Waals surface area contributed by atoms with Crippen LogP contribution in [0.4, 0.5) is 13.2 Å². The van der Waals surface area contributed by atoms with Crippen molar-refractivity contribution in [2.75, 3.05) is 6.38 Å². The summed E-state index contributed by atoms with van der Waals surface area (Å²) < 4.78 is 37.2. The van der Waals surface area contributed by atoms with Crippen LogP contribution in [0.3, 0.4) is 0 Å². The van der Waals surface area contributed by atoms with E-state index in [-0.39, 0.29) is 0 Å². The quantitative estimate of drug-likeness (QED) is 0.806. The first kappa shape index (κ1) is 16.5. The Morgan fingerprint density at radius 3 is 1.75 bits per heavy atom. The summed E-state index contributed by atoms with van der Waals surface area (Å²) in [4.78, 5) is 0. The van der Waals surface area contributed by atoms with Gasteiger partial charge in [-0.3, -0.25) is 0 Å². The normalized spacial score (nSPS) is 12.3. The summed E-state index contributed by atoms with van der Waals surface area (Å²) in [7, 11) is 0. The van der Waals surface area contributed by atoms with Crippen molar-refractivity contribution in [2.24, 2.45) is 5.73 Å². The molecule has 0 saturated heterocycles. The van der Waals surface area contributed by atoms with Crippen molar-refractivity contribution in [3.63, 3.8) is 0 Å². The summed E-state index contributed by atoms with van der Waals surface area (Å²) in [5.74, 6) is 0. The van der Waals surface area contributed by atoms with Gasteiger partial charge < -0.3 is 5.73 Å². The van der Waals surface area contributed by atoms with Crippen LogP contribution in [0.15, 0.2) is 54.6 Å². The standard InChI is InChI=1S/C14H12F3N.CH3Cl/c15-14(16,17)12-8-6-11(7-9-12)13(18)10-4-2-1-3-5-10;1-2/h1-9,13H,18H2;1H3. The molecule has 20 heavy (non-hydrogen) atoms. The van der Waals surface area contributed by atoms with Crippen LogP contribution in [0.1, 0.15) is 22.7 Å². The van der Waals surface area contributed by atoms with Gasteiger partial charge in [0.1, 0.15) is 0 Å². The summed E-state index contributed by atoms with van der Waals surface area (Å²) in [6, 6.07) is 13.8. The smallest absolute Gasteiger partial charge is 0.320 e. The van der Waals surface area contributed by atoms with Crippen molar-refractivity contribution < 1.29 is 13.2 Å². The number of halogens is 4. The highest BCUT2D eigenvalue weighted by atomic mass is 35.5. The summed E-state index contributed by atoms with van der Waals surface area (Å²) in [5.41, 5.74) is 6.87. The Kier molecular flexibility index (Phi) is 6.05. The zero-order valence-corrected chi connectivity index (χ0v) is 11.6. The summed E-state index contributed by atoms with van der Waals surface area (Å²) in [5, 5.41) is 0. The maximum absolute atomic E-state index is 12.4. The molecule has 0 heterocycles. The minimum atomic E-state index is -4.31. The molecule has 0 aromatic heterocycles. The zero-order valence-electron chi connectivity index (χ0n) is 10.9. The van der Waals surface area contributed by atoms with Gasteiger partial charge in [0.05, 0.1) is 11.6 Å². The van der Waals surface area contributed by atoms with Crippen LogP contribution in [-0.2, 0) is 6.18 Å². The SMILES string of the molecule is CCl.NC(c1ccccc1)c1ccc(C(F)(F)F)cc1. The number of hydrogen-bond acceptors (Lipinski definition) is 1. The van der Waals surface area contributed by atoms with E-state index in [1.54, 1.807) is 0 Å². The highest BCUT2D eigenvalue weighted by Crippen LogP contribution is 2.30. The molecular formula is C15H15ClF3N. The molecule has 0 saturated carbocycles. The summed E-state index contributed by atoms with van der Waals surface area (Å²) in [6.07, 6.45) is -2.84. The van der Waals surface area contributed by atoms with E-state index in [1.165, 1.54) is 18.5 Å². The Balaban J connectivity index is 0.000000956. The van der Waals surface area contributed by atoms with Gasteiger partial charge in [0, 0.05) is 6.38 Å². The van der Waals surface area contributed by atoms with Crippen LogP contribution in [-0.4, -0.2) is 6.38 Å². The van der Waals surface area contributed by atoms with Gasteiger partial charge in [-0.15, -0.1) is 11.6 Å². The van der Waals surface area contributed by atoms with E-state index < -0.39 is 17.8 Å². The van der Waals surface area contributed by atoms with Crippen molar-refractivity contribution in [2.45, 2.75) is 12.2 Å². The number of alkyl halides is 4. The van der Waals surface area contributed by atoms with Crippen LogP contribution in [0, 0.1) is 0 Å². The van der Waals surface area contributed by atoms with Gasteiger partial charge in [0.2, 0.25) is 0 Å². The molecule has 2 aromatic rings. The molecule has 2 rings (SSSR count). The molecule has 0 bridgehead atoms. The lowest BCUT2D eigenvalue weighted by Gasteiger charge is -2.13. The van der Waals surface area contributed by atoms with E-state index in [1.807, 2.05) is 30.3 Å². The molecule has 0 aliphatic carbocycles. The maximum Gasteiger partial charge on any atom is 0.416 e. The fraction of sp³-hybridized carbons (Fsp3) is 0.200. The van der Waals surface area contributed by atoms with Crippen molar-refractivity contribution in [1.29, 1.82) is 0 Å². The van der Waals surface area contributed by atoms with Gasteiger partial charge >= 0.3 is 6.18 Å². The average Bonchev–Trinajstić information content (AvgIpc) is 2.49. The Labute approximate surface area is 121 Å².